The van der Waals surface area contributed by atoms with E-state index in [4.69, 9.17) is 4.99 Å². The highest BCUT2D eigenvalue weighted by molar-refractivity contribution is 5.89. The van der Waals surface area contributed by atoms with Gasteiger partial charge in [-0.2, -0.15) is 0 Å². The fourth-order valence-corrected chi connectivity index (χ4v) is 4.09. The normalized spacial score (nSPS) is 17.0. The lowest BCUT2D eigenvalue weighted by Gasteiger charge is -2.31. The van der Waals surface area contributed by atoms with Gasteiger partial charge in [0.15, 0.2) is 0 Å². The quantitative estimate of drug-likeness (QED) is 0.569. The molecule has 0 aliphatic heterocycles. The van der Waals surface area contributed by atoms with Gasteiger partial charge in [-0.05, 0) is 69.2 Å². The first-order chi connectivity index (χ1) is 13.4. The molecule has 156 valence electrons. The van der Waals surface area contributed by atoms with Crippen molar-refractivity contribution < 1.29 is 4.79 Å². The van der Waals surface area contributed by atoms with E-state index < -0.39 is 0 Å². The Balaban J connectivity index is 1.89. The summed E-state index contributed by atoms with van der Waals surface area (Å²) in [7, 11) is 1.96. The van der Waals surface area contributed by atoms with Gasteiger partial charge in [-0.1, -0.05) is 45.2 Å². The zero-order chi connectivity index (χ0) is 20.5. The highest BCUT2D eigenvalue weighted by Gasteiger charge is 2.24. The van der Waals surface area contributed by atoms with Crippen molar-refractivity contribution in [1.82, 2.24) is 10.6 Å². The van der Waals surface area contributed by atoms with Crippen LogP contribution in [-0.4, -0.2) is 31.3 Å². The van der Waals surface area contributed by atoms with Gasteiger partial charge in [0, 0.05) is 24.7 Å². The standard InChI is InChI=1S/C24H39N3O/c1-17(2)21-12-13-22(18(3)15-21)26-19(4)11-14-24(28)27-23(16-25-5)20-9-7-6-8-10-20/h12-13,15,17,20,23,25H,6-11,14,16H2,1-5H3,(H,27,28). The molecule has 1 saturated carbocycles. The predicted octanol–water partition coefficient (Wildman–Crippen LogP) is 5.28. The van der Waals surface area contributed by atoms with E-state index >= 15 is 0 Å². The fourth-order valence-electron chi connectivity index (χ4n) is 4.09. The first-order valence-electron chi connectivity index (χ1n) is 11.0. The van der Waals surface area contributed by atoms with Crippen LogP contribution in [0, 0.1) is 12.8 Å². The Bertz CT molecular complexity index is 660. The summed E-state index contributed by atoms with van der Waals surface area (Å²) in [5.74, 6) is 1.28. The largest absolute Gasteiger partial charge is 0.352 e. The second-order valence-electron chi connectivity index (χ2n) is 8.68. The molecule has 1 unspecified atom stereocenters. The number of carbonyl (C=O) groups excluding carboxylic acids is 1. The van der Waals surface area contributed by atoms with Gasteiger partial charge >= 0.3 is 0 Å². The van der Waals surface area contributed by atoms with Crippen molar-refractivity contribution in [3.8, 4) is 0 Å². The number of hydrogen-bond acceptors (Lipinski definition) is 3. The molecule has 4 nitrogen and oxygen atoms in total. The van der Waals surface area contributed by atoms with Crippen molar-refractivity contribution in [3.05, 3.63) is 29.3 Å². The van der Waals surface area contributed by atoms with Crippen molar-refractivity contribution in [1.29, 1.82) is 0 Å². The summed E-state index contributed by atoms with van der Waals surface area (Å²) >= 11 is 0. The van der Waals surface area contributed by atoms with Crippen molar-refractivity contribution >= 4 is 17.3 Å². The summed E-state index contributed by atoms with van der Waals surface area (Å²) in [4.78, 5) is 17.3. The number of benzene rings is 1. The van der Waals surface area contributed by atoms with Gasteiger partial charge in [-0.15, -0.1) is 0 Å². The van der Waals surface area contributed by atoms with E-state index in [-0.39, 0.29) is 11.9 Å². The summed E-state index contributed by atoms with van der Waals surface area (Å²) in [5.41, 5.74) is 4.56. The number of nitrogens with one attached hydrogen (secondary N) is 2. The lowest BCUT2D eigenvalue weighted by atomic mass is 9.83. The zero-order valence-electron chi connectivity index (χ0n) is 18.5. The first kappa shape index (κ1) is 22.6. The van der Waals surface area contributed by atoms with Gasteiger partial charge < -0.3 is 10.6 Å². The summed E-state index contributed by atoms with van der Waals surface area (Å²) in [6.45, 7) is 9.39. The number of likely N-dealkylation sites (N-methyl/N-ethyl adjacent to an activating group) is 1. The third-order valence-electron chi connectivity index (χ3n) is 5.90. The van der Waals surface area contributed by atoms with Crippen LogP contribution in [0.25, 0.3) is 0 Å². The Morgan fingerprint density at radius 3 is 2.50 bits per heavy atom. The number of aliphatic imine (C=N–C) groups is 1. The molecule has 28 heavy (non-hydrogen) atoms. The fraction of sp³-hybridized carbons (Fsp3) is 0.667. The Hall–Kier alpha value is -1.68. The number of aryl methyl sites for hydroxylation is 1. The van der Waals surface area contributed by atoms with Gasteiger partial charge in [0.1, 0.15) is 0 Å². The summed E-state index contributed by atoms with van der Waals surface area (Å²) < 4.78 is 0. The van der Waals surface area contributed by atoms with E-state index in [0.29, 0.717) is 24.7 Å². The van der Waals surface area contributed by atoms with Crippen molar-refractivity contribution in [2.75, 3.05) is 13.6 Å². The van der Waals surface area contributed by atoms with Crippen LogP contribution in [0.15, 0.2) is 23.2 Å². The molecule has 1 atom stereocenters. The van der Waals surface area contributed by atoms with Gasteiger partial charge in [-0.3, -0.25) is 9.79 Å². The van der Waals surface area contributed by atoms with E-state index in [1.165, 1.54) is 43.2 Å². The molecule has 2 rings (SSSR count). The minimum absolute atomic E-state index is 0.146. The molecule has 1 aliphatic rings. The van der Waals surface area contributed by atoms with Crippen LogP contribution in [0.5, 0.6) is 0 Å². The van der Waals surface area contributed by atoms with Gasteiger partial charge in [0.05, 0.1) is 5.69 Å². The molecular formula is C24H39N3O. The maximum absolute atomic E-state index is 12.5. The molecule has 0 radical (unpaired) electrons. The van der Waals surface area contributed by atoms with Crippen LogP contribution in [0.4, 0.5) is 5.69 Å². The average molecular weight is 386 g/mol. The molecule has 0 bridgehead atoms. The molecule has 0 spiro atoms. The number of hydrogen-bond donors (Lipinski definition) is 2. The van der Waals surface area contributed by atoms with Gasteiger partial charge in [0.2, 0.25) is 5.91 Å². The summed E-state index contributed by atoms with van der Waals surface area (Å²) in [6.07, 6.45) is 7.60. The van der Waals surface area contributed by atoms with E-state index in [1.807, 2.05) is 14.0 Å². The smallest absolute Gasteiger partial charge is 0.220 e. The Labute approximate surface area is 171 Å². The molecule has 0 aromatic heterocycles. The van der Waals surface area contributed by atoms with E-state index in [9.17, 15) is 4.79 Å². The second kappa shape index (κ2) is 11.4. The van der Waals surface area contributed by atoms with Gasteiger partial charge in [0.25, 0.3) is 0 Å². The third-order valence-corrected chi connectivity index (χ3v) is 5.90. The third kappa shape index (κ3) is 7.05. The summed E-state index contributed by atoms with van der Waals surface area (Å²) in [6, 6.07) is 6.72. The SMILES string of the molecule is CNCC(NC(=O)CCC(C)=Nc1ccc(C(C)C)cc1C)C1CCCCC1. The lowest BCUT2D eigenvalue weighted by Crippen LogP contribution is -2.46. The van der Waals surface area contributed by atoms with Crippen LogP contribution in [-0.2, 0) is 4.79 Å². The number of nitrogens with zero attached hydrogens (tertiary/aromatic N) is 1. The first-order valence-corrected chi connectivity index (χ1v) is 11.0. The molecule has 1 aliphatic carbocycles. The molecule has 1 amide bonds. The molecule has 0 heterocycles. The number of rotatable bonds is 9. The van der Waals surface area contributed by atoms with Crippen LogP contribution in [0.1, 0.15) is 82.8 Å². The second-order valence-corrected chi connectivity index (χ2v) is 8.68. The predicted molar refractivity (Wildman–Crippen MR) is 120 cm³/mol. The molecule has 4 heteroatoms. The van der Waals surface area contributed by atoms with E-state index in [0.717, 1.165) is 17.9 Å². The Morgan fingerprint density at radius 2 is 1.89 bits per heavy atom. The average Bonchev–Trinajstić information content (AvgIpc) is 2.68. The molecule has 0 saturated heterocycles. The van der Waals surface area contributed by atoms with Crippen molar-refractivity contribution in [2.45, 2.75) is 84.6 Å². The van der Waals surface area contributed by atoms with Crippen LogP contribution < -0.4 is 10.6 Å². The number of amides is 1. The maximum atomic E-state index is 12.5. The van der Waals surface area contributed by atoms with Crippen LogP contribution in [0.2, 0.25) is 0 Å². The van der Waals surface area contributed by atoms with E-state index in [2.05, 4.69) is 49.6 Å². The van der Waals surface area contributed by atoms with Crippen molar-refractivity contribution in [3.63, 3.8) is 0 Å². The highest BCUT2D eigenvalue weighted by Crippen LogP contribution is 2.27. The monoisotopic (exact) mass is 385 g/mol. The molecule has 1 aromatic rings. The minimum atomic E-state index is 0.146. The molecule has 2 N–H and O–H groups in total. The topological polar surface area (TPSA) is 53.5 Å². The van der Waals surface area contributed by atoms with Crippen molar-refractivity contribution in [2.24, 2.45) is 10.9 Å². The molecular weight excluding hydrogens is 346 g/mol. The summed E-state index contributed by atoms with van der Waals surface area (Å²) in [5, 5.41) is 6.53. The van der Waals surface area contributed by atoms with Gasteiger partial charge in [-0.25, -0.2) is 0 Å². The molecule has 1 aromatic carbocycles. The number of carbonyl (C=O) groups is 1. The minimum Gasteiger partial charge on any atom is -0.352 e. The van der Waals surface area contributed by atoms with Crippen LogP contribution in [0.3, 0.4) is 0 Å². The lowest BCUT2D eigenvalue weighted by molar-refractivity contribution is -0.122. The Kier molecular flexibility index (Phi) is 9.17. The highest BCUT2D eigenvalue weighted by atomic mass is 16.1. The van der Waals surface area contributed by atoms with E-state index in [1.54, 1.807) is 0 Å². The van der Waals surface area contributed by atoms with Crippen LogP contribution >= 0.6 is 0 Å². The maximum Gasteiger partial charge on any atom is 0.220 e. The molecule has 1 fully saturated rings. The zero-order valence-corrected chi connectivity index (χ0v) is 18.5. The Morgan fingerprint density at radius 1 is 1.18 bits per heavy atom.